The summed E-state index contributed by atoms with van der Waals surface area (Å²) in [5, 5.41) is 18.8. The van der Waals surface area contributed by atoms with Crippen molar-refractivity contribution in [3.63, 3.8) is 0 Å². The van der Waals surface area contributed by atoms with E-state index >= 15 is 0 Å². The first-order valence-corrected chi connectivity index (χ1v) is 8.38. The van der Waals surface area contributed by atoms with Crippen molar-refractivity contribution in [2.45, 2.75) is 6.61 Å². The standard InChI is InChI=1S/C20H14F2N2O6/c21-11-5-6-12(22)13(7-11)30-8-9-1-3-10(4-2-9)14-15(19(26)27)17(23)24-18(25)16(14)20(28)29/h1-7H,8H2,(H,26,27)(H,28,29)(H3,23,24,25). The van der Waals surface area contributed by atoms with Crippen LogP contribution < -0.4 is 16.0 Å². The average Bonchev–Trinajstić information content (AvgIpc) is 2.67. The molecular formula is C20H14F2N2O6. The predicted octanol–water partition coefficient (Wildman–Crippen LogP) is 2.88. The number of halogens is 2. The molecule has 8 nitrogen and oxygen atoms in total. The molecule has 0 spiro atoms. The van der Waals surface area contributed by atoms with Crippen LogP contribution in [-0.2, 0) is 6.61 Å². The number of hydrogen-bond acceptors (Lipinski definition) is 5. The van der Waals surface area contributed by atoms with Gasteiger partial charge in [-0.25, -0.2) is 18.4 Å². The number of nitrogens with one attached hydrogen (secondary N) is 1. The number of ether oxygens (including phenoxy) is 1. The second kappa shape index (κ2) is 8.03. The van der Waals surface area contributed by atoms with Crippen molar-refractivity contribution in [3.8, 4) is 16.9 Å². The van der Waals surface area contributed by atoms with Gasteiger partial charge in [0.1, 0.15) is 29.4 Å². The molecule has 1 heterocycles. The zero-order valence-corrected chi connectivity index (χ0v) is 15.1. The third kappa shape index (κ3) is 3.97. The van der Waals surface area contributed by atoms with Crippen molar-refractivity contribution in [1.82, 2.24) is 4.98 Å². The lowest BCUT2D eigenvalue weighted by molar-refractivity contribution is 0.0695. The van der Waals surface area contributed by atoms with Crippen LogP contribution in [0.5, 0.6) is 5.75 Å². The number of carboxylic acid groups (broad SMARTS) is 2. The first-order chi connectivity index (χ1) is 14.2. The summed E-state index contributed by atoms with van der Waals surface area (Å²) in [6.45, 7) is -0.143. The highest BCUT2D eigenvalue weighted by Crippen LogP contribution is 2.29. The number of pyridine rings is 1. The highest BCUT2D eigenvalue weighted by Gasteiger charge is 2.26. The fraction of sp³-hybridized carbons (Fsp3) is 0.0500. The van der Waals surface area contributed by atoms with Gasteiger partial charge in [0.15, 0.2) is 11.6 Å². The number of nitrogen functional groups attached to an aromatic ring is 1. The van der Waals surface area contributed by atoms with Gasteiger partial charge in [-0.05, 0) is 23.3 Å². The lowest BCUT2D eigenvalue weighted by atomic mass is 9.95. The van der Waals surface area contributed by atoms with Gasteiger partial charge >= 0.3 is 11.9 Å². The number of anilines is 1. The summed E-state index contributed by atoms with van der Waals surface area (Å²) in [4.78, 5) is 37.2. The number of nitrogens with two attached hydrogens (primary N) is 1. The monoisotopic (exact) mass is 416 g/mol. The van der Waals surface area contributed by atoms with Crippen molar-refractivity contribution in [2.24, 2.45) is 0 Å². The molecule has 0 aliphatic carbocycles. The maximum atomic E-state index is 13.6. The Hall–Kier alpha value is -4.21. The summed E-state index contributed by atoms with van der Waals surface area (Å²) in [6.07, 6.45) is 0. The Morgan fingerprint density at radius 3 is 2.23 bits per heavy atom. The highest BCUT2D eigenvalue weighted by atomic mass is 19.1. The van der Waals surface area contributed by atoms with E-state index in [2.05, 4.69) is 0 Å². The molecular weight excluding hydrogens is 402 g/mol. The van der Waals surface area contributed by atoms with E-state index in [-0.39, 0.29) is 23.5 Å². The van der Waals surface area contributed by atoms with Crippen LogP contribution in [0.25, 0.3) is 11.1 Å². The van der Waals surface area contributed by atoms with Crippen molar-refractivity contribution < 1.29 is 33.3 Å². The normalized spacial score (nSPS) is 10.6. The minimum atomic E-state index is -1.62. The van der Waals surface area contributed by atoms with Gasteiger partial charge in [-0.1, -0.05) is 24.3 Å². The number of rotatable bonds is 6. The van der Waals surface area contributed by atoms with Crippen molar-refractivity contribution in [2.75, 3.05) is 5.73 Å². The molecule has 0 radical (unpaired) electrons. The topological polar surface area (TPSA) is 143 Å². The van der Waals surface area contributed by atoms with Crippen LogP contribution in [0.4, 0.5) is 14.6 Å². The zero-order valence-electron chi connectivity index (χ0n) is 15.1. The van der Waals surface area contributed by atoms with Crippen LogP contribution in [0.3, 0.4) is 0 Å². The Kier molecular flexibility index (Phi) is 5.50. The molecule has 0 saturated heterocycles. The molecule has 3 rings (SSSR count). The molecule has 10 heteroatoms. The predicted molar refractivity (Wildman–Crippen MR) is 102 cm³/mol. The van der Waals surface area contributed by atoms with Crippen LogP contribution >= 0.6 is 0 Å². The number of aromatic amines is 1. The van der Waals surface area contributed by atoms with E-state index in [1.807, 2.05) is 4.98 Å². The molecule has 2 aromatic carbocycles. The lowest BCUT2D eigenvalue weighted by Gasteiger charge is -2.13. The quantitative estimate of drug-likeness (QED) is 0.484. The molecule has 30 heavy (non-hydrogen) atoms. The van der Waals surface area contributed by atoms with Gasteiger partial charge < -0.3 is 25.7 Å². The molecule has 0 bridgehead atoms. The van der Waals surface area contributed by atoms with Crippen molar-refractivity contribution >= 4 is 17.8 Å². The van der Waals surface area contributed by atoms with Gasteiger partial charge in [0.05, 0.1) is 0 Å². The summed E-state index contributed by atoms with van der Waals surface area (Å²) in [7, 11) is 0. The molecule has 0 unspecified atom stereocenters. The number of benzene rings is 2. The van der Waals surface area contributed by atoms with Gasteiger partial charge in [0.25, 0.3) is 5.56 Å². The lowest BCUT2D eigenvalue weighted by Crippen LogP contribution is -2.24. The highest BCUT2D eigenvalue weighted by molar-refractivity contribution is 6.07. The fourth-order valence-electron chi connectivity index (χ4n) is 2.85. The second-order valence-corrected chi connectivity index (χ2v) is 6.16. The zero-order chi connectivity index (χ0) is 22.0. The number of carboxylic acids is 2. The van der Waals surface area contributed by atoms with Gasteiger partial charge in [0, 0.05) is 11.6 Å². The Labute approximate surface area is 167 Å². The second-order valence-electron chi connectivity index (χ2n) is 6.16. The van der Waals surface area contributed by atoms with Gasteiger partial charge in [-0.3, -0.25) is 4.79 Å². The molecule has 0 saturated carbocycles. The molecule has 5 N–H and O–H groups in total. The Balaban J connectivity index is 1.98. The Morgan fingerprint density at radius 2 is 1.63 bits per heavy atom. The first-order valence-electron chi connectivity index (χ1n) is 8.38. The third-order valence-corrected chi connectivity index (χ3v) is 4.20. The van der Waals surface area contributed by atoms with Gasteiger partial charge in [-0.15, -0.1) is 0 Å². The van der Waals surface area contributed by atoms with E-state index in [1.54, 1.807) is 0 Å². The number of aromatic carboxylic acids is 2. The smallest absolute Gasteiger partial charge is 0.342 e. The molecule has 1 aromatic heterocycles. The van der Waals surface area contributed by atoms with E-state index in [1.165, 1.54) is 24.3 Å². The molecule has 0 aliphatic rings. The van der Waals surface area contributed by atoms with E-state index in [0.717, 1.165) is 18.2 Å². The van der Waals surface area contributed by atoms with Crippen molar-refractivity contribution in [3.05, 3.63) is 81.1 Å². The summed E-state index contributed by atoms with van der Waals surface area (Å²) >= 11 is 0. The molecule has 0 amide bonds. The molecule has 0 fully saturated rings. The van der Waals surface area contributed by atoms with Crippen LogP contribution in [-0.4, -0.2) is 27.1 Å². The number of H-pyrrole nitrogens is 1. The number of carbonyl (C=O) groups is 2. The van der Waals surface area contributed by atoms with Crippen LogP contribution in [0.1, 0.15) is 26.3 Å². The maximum Gasteiger partial charge on any atom is 0.342 e. The Morgan fingerprint density at radius 1 is 1.00 bits per heavy atom. The summed E-state index contributed by atoms with van der Waals surface area (Å²) in [6, 6.07) is 8.42. The Bertz CT molecular complexity index is 1210. The van der Waals surface area contributed by atoms with E-state index in [9.17, 15) is 33.4 Å². The number of aromatic nitrogens is 1. The van der Waals surface area contributed by atoms with Crippen LogP contribution in [0.15, 0.2) is 47.3 Å². The fourth-order valence-corrected chi connectivity index (χ4v) is 2.85. The van der Waals surface area contributed by atoms with Gasteiger partial charge in [-0.2, -0.15) is 0 Å². The van der Waals surface area contributed by atoms with Gasteiger partial charge in [0.2, 0.25) is 0 Å². The largest absolute Gasteiger partial charge is 0.486 e. The average molecular weight is 416 g/mol. The molecule has 3 aromatic rings. The number of hydrogen-bond donors (Lipinski definition) is 4. The summed E-state index contributed by atoms with van der Waals surface area (Å²) in [5.74, 6) is -5.33. The molecule has 0 atom stereocenters. The van der Waals surface area contributed by atoms with E-state index in [4.69, 9.17) is 10.5 Å². The first kappa shape index (κ1) is 20.5. The third-order valence-electron chi connectivity index (χ3n) is 4.20. The summed E-state index contributed by atoms with van der Waals surface area (Å²) < 4.78 is 32.1. The minimum absolute atomic E-state index is 0.114. The van der Waals surface area contributed by atoms with Crippen molar-refractivity contribution in [1.29, 1.82) is 0 Å². The van der Waals surface area contributed by atoms with Crippen LogP contribution in [0, 0.1) is 11.6 Å². The molecule has 0 aliphatic heterocycles. The van der Waals surface area contributed by atoms with E-state index < -0.39 is 46.1 Å². The SMILES string of the molecule is Nc1[nH]c(=O)c(C(=O)O)c(-c2ccc(COc3cc(F)ccc3F)cc2)c1C(=O)O. The maximum absolute atomic E-state index is 13.6. The van der Waals surface area contributed by atoms with E-state index in [0.29, 0.717) is 5.56 Å². The summed E-state index contributed by atoms with van der Waals surface area (Å²) in [5.41, 5.74) is 3.47. The minimum Gasteiger partial charge on any atom is -0.486 e. The van der Waals surface area contributed by atoms with Crippen LogP contribution in [0.2, 0.25) is 0 Å². The molecule has 154 valence electrons.